The molecule has 148 valence electrons. The second kappa shape index (κ2) is 7.81. The fourth-order valence-electron chi connectivity index (χ4n) is 2.92. The highest BCUT2D eigenvalue weighted by atomic mass is 35.5. The third-order valence-electron chi connectivity index (χ3n) is 4.35. The van der Waals surface area contributed by atoms with Crippen molar-refractivity contribution in [2.24, 2.45) is 0 Å². The normalized spacial score (nSPS) is 11.0. The number of nitrogens with one attached hydrogen (secondary N) is 1. The molecule has 0 saturated heterocycles. The Balaban J connectivity index is 1.57. The van der Waals surface area contributed by atoms with Gasteiger partial charge in [0.2, 0.25) is 0 Å². The van der Waals surface area contributed by atoms with E-state index < -0.39 is 0 Å². The van der Waals surface area contributed by atoms with Crippen molar-refractivity contribution < 1.29 is 13.9 Å². The van der Waals surface area contributed by atoms with Crippen molar-refractivity contribution in [1.29, 1.82) is 0 Å². The topological polar surface area (TPSA) is 69.0 Å². The van der Waals surface area contributed by atoms with Crippen LogP contribution in [0, 0.1) is 12.7 Å². The standard InChI is InChI=1S/C20H16ClFN4O2S/c1-11-17(18(21)26(25-11)10-12-3-5-13(22)6-4-12)19(27)24-20-23-15-8-7-14(28-2)9-16(15)29-20/h3-9H,10H2,1-2H3,(H,23,24,27). The van der Waals surface area contributed by atoms with Crippen LogP contribution in [0.15, 0.2) is 42.5 Å². The van der Waals surface area contributed by atoms with Gasteiger partial charge in [-0.15, -0.1) is 0 Å². The number of thiazole rings is 1. The molecule has 9 heteroatoms. The Morgan fingerprint density at radius 3 is 2.76 bits per heavy atom. The van der Waals surface area contributed by atoms with Crippen LogP contribution < -0.4 is 10.1 Å². The van der Waals surface area contributed by atoms with Crippen LogP contribution in [0.2, 0.25) is 5.15 Å². The van der Waals surface area contributed by atoms with Crippen LogP contribution in [-0.2, 0) is 6.54 Å². The van der Waals surface area contributed by atoms with Gasteiger partial charge in [0.25, 0.3) is 5.91 Å². The van der Waals surface area contributed by atoms with Crippen LogP contribution in [0.1, 0.15) is 21.6 Å². The van der Waals surface area contributed by atoms with E-state index in [4.69, 9.17) is 16.3 Å². The van der Waals surface area contributed by atoms with Gasteiger partial charge in [-0.3, -0.25) is 10.1 Å². The molecule has 1 amide bonds. The lowest BCUT2D eigenvalue weighted by Crippen LogP contribution is -2.13. The average molecular weight is 431 g/mol. The largest absolute Gasteiger partial charge is 0.497 e. The zero-order chi connectivity index (χ0) is 20.5. The molecule has 29 heavy (non-hydrogen) atoms. The zero-order valence-electron chi connectivity index (χ0n) is 15.6. The number of hydrogen-bond acceptors (Lipinski definition) is 5. The number of amides is 1. The lowest BCUT2D eigenvalue weighted by molar-refractivity contribution is 0.102. The van der Waals surface area contributed by atoms with E-state index in [-0.39, 0.29) is 22.4 Å². The number of carbonyl (C=O) groups excluding carboxylic acids is 1. The second-order valence-corrected chi connectivity index (χ2v) is 7.73. The molecule has 0 radical (unpaired) electrons. The molecular formula is C20H16ClFN4O2S. The number of ether oxygens (including phenoxy) is 1. The summed E-state index contributed by atoms with van der Waals surface area (Å²) in [7, 11) is 1.60. The van der Waals surface area contributed by atoms with Gasteiger partial charge in [-0.25, -0.2) is 14.1 Å². The fraction of sp³-hybridized carbons (Fsp3) is 0.150. The maximum atomic E-state index is 13.1. The van der Waals surface area contributed by atoms with E-state index in [1.807, 2.05) is 18.2 Å². The SMILES string of the molecule is COc1ccc2nc(NC(=O)c3c(C)nn(Cc4ccc(F)cc4)c3Cl)sc2c1. The average Bonchev–Trinajstić information content (AvgIpc) is 3.22. The minimum absolute atomic E-state index is 0.215. The Labute approximate surface area is 174 Å². The molecule has 4 aromatic rings. The summed E-state index contributed by atoms with van der Waals surface area (Å²) in [5.74, 6) is 0.0221. The zero-order valence-corrected chi connectivity index (χ0v) is 17.1. The highest BCUT2D eigenvalue weighted by Crippen LogP contribution is 2.30. The van der Waals surface area contributed by atoms with E-state index >= 15 is 0 Å². The van der Waals surface area contributed by atoms with Crippen LogP contribution >= 0.6 is 22.9 Å². The minimum atomic E-state index is -0.385. The van der Waals surface area contributed by atoms with E-state index in [9.17, 15) is 9.18 Å². The second-order valence-electron chi connectivity index (χ2n) is 6.34. The van der Waals surface area contributed by atoms with E-state index in [1.165, 1.54) is 28.2 Å². The van der Waals surface area contributed by atoms with Crippen molar-refractivity contribution in [3.05, 3.63) is 70.3 Å². The Bertz CT molecular complexity index is 1200. The summed E-state index contributed by atoms with van der Waals surface area (Å²) in [4.78, 5) is 17.2. The number of fused-ring (bicyclic) bond motifs is 1. The maximum absolute atomic E-state index is 13.1. The number of hydrogen-bond donors (Lipinski definition) is 1. The van der Waals surface area contributed by atoms with Crippen molar-refractivity contribution in [1.82, 2.24) is 14.8 Å². The molecule has 2 aromatic heterocycles. The van der Waals surface area contributed by atoms with Crippen LogP contribution in [-0.4, -0.2) is 27.8 Å². The first-order valence-corrected chi connectivity index (χ1v) is 9.87. The lowest BCUT2D eigenvalue weighted by atomic mass is 10.2. The van der Waals surface area contributed by atoms with Gasteiger partial charge in [0, 0.05) is 0 Å². The van der Waals surface area contributed by atoms with E-state index in [0.717, 1.165) is 21.5 Å². The van der Waals surface area contributed by atoms with Gasteiger partial charge in [0.05, 0.1) is 35.1 Å². The number of aromatic nitrogens is 3. The van der Waals surface area contributed by atoms with Crippen LogP contribution in [0.25, 0.3) is 10.2 Å². The lowest BCUT2D eigenvalue weighted by Gasteiger charge is -2.04. The molecule has 0 saturated carbocycles. The summed E-state index contributed by atoms with van der Waals surface area (Å²) < 4.78 is 20.7. The van der Waals surface area contributed by atoms with Crippen LogP contribution in [0.5, 0.6) is 5.75 Å². The molecule has 0 bridgehead atoms. The van der Waals surface area contributed by atoms with Crippen molar-refractivity contribution in [3.63, 3.8) is 0 Å². The molecule has 2 aromatic carbocycles. The summed E-state index contributed by atoms with van der Waals surface area (Å²) in [6.45, 7) is 2.04. The molecule has 0 aliphatic carbocycles. The third-order valence-corrected chi connectivity index (χ3v) is 5.67. The monoisotopic (exact) mass is 430 g/mol. The first-order chi connectivity index (χ1) is 13.9. The number of nitrogens with zero attached hydrogens (tertiary/aromatic N) is 3. The number of aryl methyl sites for hydroxylation is 1. The van der Waals surface area contributed by atoms with Crippen molar-refractivity contribution in [2.75, 3.05) is 12.4 Å². The number of benzene rings is 2. The number of halogens is 2. The molecular weight excluding hydrogens is 415 g/mol. The van der Waals surface area contributed by atoms with Crippen molar-refractivity contribution in [2.45, 2.75) is 13.5 Å². The number of anilines is 1. The first-order valence-electron chi connectivity index (χ1n) is 8.68. The Morgan fingerprint density at radius 1 is 1.28 bits per heavy atom. The van der Waals surface area contributed by atoms with Crippen molar-refractivity contribution in [3.8, 4) is 5.75 Å². The molecule has 1 N–H and O–H groups in total. The highest BCUT2D eigenvalue weighted by Gasteiger charge is 2.21. The third kappa shape index (κ3) is 3.94. The summed E-state index contributed by atoms with van der Waals surface area (Å²) in [6, 6.07) is 11.6. The molecule has 0 atom stereocenters. The van der Waals surface area contributed by atoms with Gasteiger partial charge in [-0.2, -0.15) is 5.10 Å². The summed E-state index contributed by atoms with van der Waals surface area (Å²) >= 11 is 7.77. The Morgan fingerprint density at radius 2 is 2.03 bits per heavy atom. The number of rotatable bonds is 5. The summed E-state index contributed by atoms with van der Waals surface area (Å²) in [5, 5.41) is 7.82. The van der Waals surface area contributed by atoms with Gasteiger partial charge in [0.1, 0.15) is 16.7 Å². The fourth-order valence-corrected chi connectivity index (χ4v) is 4.13. The first kappa shape index (κ1) is 19.4. The van der Waals surface area contributed by atoms with Gasteiger partial charge in [-0.1, -0.05) is 35.1 Å². The van der Waals surface area contributed by atoms with E-state index in [2.05, 4.69) is 15.4 Å². The summed E-state index contributed by atoms with van der Waals surface area (Å²) in [6.07, 6.45) is 0. The predicted molar refractivity (Wildman–Crippen MR) is 112 cm³/mol. The molecule has 2 heterocycles. The van der Waals surface area contributed by atoms with Gasteiger partial charge in [-0.05, 0) is 42.8 Å². The summed E-state index contributed by atoms with van der Waals surface area (Å²) in [5.41, 5.74) is 2.37. The van der Waals surface area contributed by atoms with E-state index in [1.54, 1.807) is 26.2 Å². The molecule has 6 nitrogen and oxygen atoms in total. The smallest absolute Gasteiger partial charge is 0.262 e. The Kier molecular flexibility index (Phi) is 5.21. The highest BCUT2D eigenvalue weighted by molar-refractivity contribution is 7.22. The molecule has 4 rings (SSSR count). The van der Waals surface area contributed by atoms with Crippen LogP contribution in [0.4, 0.5) is 9.52 Å². The predicted octanol–water partition coefficient (Wildman–Crippen LogP) is 4.90. The number of carbonyl (C=O) groups is 1. The van der Waals surface area contributed by atoms with Gasteiger partial charge >= 0.3 is 0 Å². The van der Waals surface area contributed by atoms with Crippen molar-refractivity contribution >= 4 is 44.2 Å². The molecule has 0 aliphatic rings. The van der Waals surface area contributed by atoms with Gasteiger partial charge in [0.15, 0.2) is 5.13 Å². The quantitative estimate of drug-likeness (QED) is 0.488. The molecule has 0 aliphatic heterocycles. The molecule has 0 spiro atoms. The Hall–Kier alpha value is -2.97. The van der Waals surface area contributed by atoms with Gasteiger partial charge < -0.3 is 4.74 Å². The minimum Gasteiger partial charge on any atom is -0.497 e. The number of methoxy groups -OCH3 is 1. The van der Waals surface area contributed by atoms with Crippen LogP contribution in [0.3, 0.4) is 0 Å². The molecule has 0 fully saturated rings. The van der Waals surface area contributed by atoms with E-state index in [0.29, 0.717) is 17.4 Å². The molecule has 0 unspecified atom stereocenters. The maximum Gasteiger partial charge on any atom is 0.262 e.